The van der Waals surface area contributed by atoms with Crippen LogP contribution < -0.4 is 28.4 Å². The second-order valence-corrected chi connectivity index (χ2v) is 19.0. The highest BCUT2D eigenvalue weighted by Gasteiger charge is 2.24. The summed E-state index contributed by atoms with van der Waals surface area (Å²) in [7, 11) is 0. The Bertz CT molecular complexity index is 2840. The van der Waals surface area contributed by atoms with Crippen molar-refractivity contribution in [1.29, 1.82) is 5.26 Å². The van der Waals surface area contributed by atoms with Crippen LogP contribution in [-0.2, 0) is 19.1 Å². The van der Waals surface area contributed by atoms with Crippen molar-refractivity contribution in [3.05, 3.63) is 168 Å². The number of rotatable bonds is 38. The molecule has 81 heavy (non-hydrogen) atoms. The van der Waals surface area contributed by atoms with E-state index in [1.807, 2.05) is 0 Å². The van der Waals surface area contributed by atoms with E-state index in [0.717, 1.165) is 89.2 Å². The van der Waals surface area contributed by atoms with Gasteiger partial charge in [-0.3, -0.25) is 0 Å². The number of unbranched alkanes of at least 4 members (excludes halogenated alkanes) is 18. The van der Waals surface area contributed by atoms with Gasteiger partial charge in [-0.15, -0.1) is 0 Å². The first-order chi connectivity index (χ1) is 39.5. The van der Waals surface area contributed by atoms with Gasteiger partial charge >= 0.3 is 35.8 Å². The molecule has 0 aromatic heterocycles. The van der Waals surface area contributed by atoms with E-state index in [0.29, 0.717) is 37.9 Å². The highest BCUT2D eigenvalue weighted by atomic mass is 19.1. The molecule has 0 spiro atoms. The van der Waals surface area contributed by atoms with Gasteiger partial charge in [-0.2, -0.15) is 5.26 Å². The molecule has 428 valence electrons. The molecule has 0 aliphatic rings. The highest BCUT2D eigenvalue weighted by Crippen LogP contribution is 2.34. The van der Waals surface area contributed by atoms with Crippen molar-refractivity contribution in [3.8, 4) is 40.6 Å². The predicted octanol–water partition coefficient (Wildman–Crippen LogP) is 14.6. The van der Waals surface area contributed by atoms with Crippen LogP contribution in [-0.4, -0.2) is 62.2 Å². The van der Waals surface area contributed by atoms with Crippen LogP contribution in [0.5, 0.6) is 34.5 Å². The first kappa shape index (κ1) is 63.3. The smallest absolute Gasteiger partial charge is 0.343 e. The van der Waals surface area contributed by atoms with E-state index in [1.54, 1.807) is 54.6 Å². The van der Waals surface area contributed by atoms with Gasteiger partial charge in [0.05, 0.1) is 54.2 Å². The van der Waals surface area contributed by atoms with Crippen LogP contribution in [0, 0.1) is 17.1 Å². The Hall–Kier alpha value is -8.58. The fraction of sp³-hybridized carbons (Fsp3) is 0.369. The number of carbonyl (C=O) groups is 6. The number of hydrogen-bond donors (Lipinski definition) is 0. The minimum absolute atomic E-state index is 0.0158. The molecule has 0 saturated carbocycles. The first-order valence-corrected chi connectivity index (χ1v) is 27.8. The second-order valence-electron chi connectivity index (χ2n) is 19.0. The number of carbonyl (C=O) groups excluding carboxylic acids is 6. The molecule has 0 atom stereocenters. The van der Waals surface area contributed by atoms with E-state index >= 15 is 4.39 Å². The minimum atomic E-state index is -1.24. The average Bonchev–Trinajstić information content (AvgIpc) is 3.51. The second kappa shape index (κ2) is 36.6. The molecule has 0 N–H and O–H groups in total. The van der Waals surface area contributed by atoms with E-state index in [2.05, 4.69) is 13.2 Å². The molecule has 0 aliphatic carbocycles. The summed E-state index contributed by atoms with van der Waals surface area (Å²) in [5, 5.41) is 9.50. The van der Waals surface area contributed by atoms with E-state index in [1.165, 1.54) is 112 Å². The van der Waals surface area contributed by atoms with Crippen molar-refractivity contribution < 1.29 is 71.1 Å². The molecular weight excluding hydrogens is 1040 g/mol. The predicted molar refractivity (Wildman–Crippen MR) is 302 cm³/mol. The monoisotopic (exact) mass is 1110 g/mol. The molecule has 5 rings (SSSR count). The van der Waals surface area contributed by atoms with Gasteiger partial charge in [0.1, 0.15) is 29.1 Å². The SMILES string of the molecule is C=CC(=O)OCCCCCCCCCCCCOc1ccc(C(=O)Oc2ccc(C(=O)Oc3ccc(C#N)c(F)c3OC(=O)c3ccc(OC(=O)c4ccc(OCCCCCCCCCCCCOC(=O)C=C)cc4)cc3)cc2)cc1. The summed E-state index contributed by atoms with van der Waals surface area (Å²) in [6.07, 6.45) is 24.1. The van der Waals surface area contributed by atoms with Crippen LogP contribution in [0.1, 0.15) is 175 Å². The molecule has 0 bridgehead atoms. The zero-order valence-corrected chi connectivity index (χ0v) is 46.0. The van der Waals surface area contributed by atoms with E-state index in [-0.39, 0.29) is 45.7 Å². The fourth-order valence-electron chi connectivity index (χ4n) is 8.22. The first-order valence-electron chi connectivity index (χ1n) is 27.8. The quantitative estimate of drug-likeness (QED) is 0.0156. The molecule has 0 radical (unpaired) electrons. The maximum absolute atomic E-state index is 15.5. The Labute approximate surface area is 473 Å². The van der Waals surface area contributed by atoms with Gasteiger partial charge in [0.15, 0.2) is 11.6 Å². The molecule has 5 aromatic carbocycles. The number of nitriles is 1. The molecule has 0 saturated heterocycles. The van der Waals surface area contributed by atoms with Crippen LogP contribution in [0.15, 0.2) is 135 Å². The molecule has 15 nitrogen and oxygen atoms in total. The van der Waals surface area contributed by atoms with Crippen molar-refractivity contribution in [2.75, 3.05) is 26.4 Å². The van der Waals surface area contributed by atoms with E-state index in [4.69, 9.17) is 37.9 Å². The molecule has 0 fully saturated rings. The van der Waals surface area contributed by atoms with Crippen molar-refractivity contribution in [3.63, 3.8) is 0 Å². The molecule has 0 unspecified atom stereocenters. The minimum Gasteiger partial charge on any atom is -0.494 e. The summed E-state index contributed by atoms with van der Waals surface area (Å²) in [6.45, 7) is 8.77. The van der Waals surface area contributed by atoms with Gasteiger partial charge in [-0.1, -0.05) is 116 Å². The largest absolute Gasteiger partial charge is 0.494 e. The van der Waals surface area contributed by atoms with Crippen molar-refractivity contribution in [1.82, 2.24) is 0 Å². The lowest BCUT2D eigenvalue weighted by Crippen LogP contribution is -2.14. The van der Waals surface area contributed by atoms with Crippen LogP contribution in [0.25, 0.3) is 0 Å². The van der Waals surface area contributed by atoms with Gasteiger partial charge in [0.2, 0.25) is 5.75 Å². The number of ether oxygens (including phenoxy) is 8. The third-order valence-corrected chi connectivity index (χ3v) is 12.8. The van der Waals surface area contributed by atoms with Crippen LogP contribution in [0.3, 0.4) is 0 Å². The number of hydrogen-bond acceptors (Lipinski definition) is 15. The van der Waals surface area contributed by atoms with Crippen LogP contribution in [0.2, 0.25) is 0 Å². The molecule has 5 aromatic rings. The Morgan fingerprint density at radius 2 is 0.679 bits per heavy atom. The summed E-state index contributed by atoms with van der Waals surface area (Å²) >= 11 is 0. The standard InChI is InChI=1S/C65H72FNO14/c1-3-58(68)76-45-23-19-15-11-7-5-9-13-17-21-43-74-53-34-25-48(26-35-53)62(70)78-55-38-29-50(30-39-55)64(72)80-57-42-33-52(47-67)60(66)61(57)81-65(73)51-31-40-56(41-32-51)79-63(71)49-27-36-54(37-28-49)75-44-22-18-14-10-6-8-12-16-20-24-46-77-59(69)4-2/h3-4,25-42H,1-2,5-24,43-46H2. The lowest BCUT2D eigenvalue weighted by atomic mass is 10.1. The summed E-state index contributed by atoms with van der Waals surface area (Å²) in [5.74, 6) is -5.10. The van der Waals surface area contributed by atoms with Crippen molar-refractivity contribution in [2.24, 2.45) is 0 Å². The molecule has 0 amide bonds. The lowest BCUT2D eigenvalue weighted by Gasteiger charge is -2.13. The summed E-state index contributed by atoms with van der Waals surface area (Å²) in [6, 6.07) is 27.7. The normalized spacial score (nSPS) is 10.6. The molecular formula is C65H72FNO14. The Morgan fingerprint density at radius 1 is 0.383 bits per heavy atom. The Kier molecular flexibility index (Phi) is 28.6. The number of nitrogens with zero attached hydrogens (tertiary/aromatic N) is 1. The molecule has 0 heterocycles. The topological polar surface area (TPSA) is 200 Å². The zero-order valence-electron chi connectivity index (χ0n) is 46.0. The van der Waals surface area contributed by atoms with Crippen molar-refractivity contribution in [2.45, 2.75) is 128 Å². The van der Waals surface area contributed by atoms with Gasteiger partial charge in [0, 0.05) is 12.2 Å². The Balaban J connectivity index is 0.983. The Morgan fingerprint density at radius 3 is 1.01 bits per heavy atom. The van der Waals surface area contributed by atoms with E-state index < -0.39 is 46.8 Å². The molecule has 0 aliphatic heterocycles. The summed E-state index contributed by atoms with van der Waals surface area (Å²) in [5.41, 5.74) is -0.0129. The third-order valence-electron chi connectivity index (χ3n) is 12.8. The average molecular weight is 1110 g/mol. The van der Waals surface area contributed by atoms with E-state index in [9.17, 15) is 34.0 Å². The summed E-state index contributed by atoms with van der Waals surface area (Å²) < 4.78 is 59.0. The van der Waals surface area contributed by atoms with Gasteiger partial charge < -0.3 is 37.9 Å². The van der Waals surface area contributed by atoms with Gasteiger partial charge in [0.25, 0.3) is 0 Å². The van der Waals surface area contributed by atoms with Crippen LogP contribution >= 0.6 is 0 Å². The maximum Gasteiger partial charge on any atom is 0.343 e. The number of benzene rings is 5. The zero-order chi connectivity index (χ0) is 57.9. The van der Waals surface area contributed by atoms with Crippen LogP contribution in [0.4, 0.5) is 4.39 Å². The fourth-order valence-corrected chi connectivity index (χ4v) is 8.22. The number of halogens is 1. The molecule has 16 heteroatoms. The summed E-state index contributed by atoms with van der Waals surface area (Å²) in [4.78, 5) is 74.5. The number of esters is 6. The highest BCUT2D eigenvalue weighted by molar-refractivity contribution is 5.95. The van der Waals surface area contributed by atoms with Crippen molar-refractivity contribution >= 4 is 35.8 Å². The lowest BCUT2D eigenvalue weighted by molar-refractivity contribution is -0.138. The van der Waals surface area contributed by atoms with Gasteiger partial charge in [-0.05, 0) is 135 Å². The third kappa shape index (κ3) is 23.7. The maximum atomic E-state index is 15.5. The van der Waals surface area contributed by atoms with Gasteiger partial charge in [-0.25, -0.2) is 33.2 Å².